The molecule has 0 spiro atoms. The standard InChI is InChI=1S/C17H34N2/c1-14-8-5-3-4-6-10-17(15(2)12-14)16-9-7-11-18-19-13-16/h14-19H,3-13H2,1-2H3. The lowest BCUT2D eigenvalue weighted by molar-refractivity contribution is 0.174. The Kier molecular flexibility index (Phi) is 6.66. The fraction of sp³-hybridized carbons (Fsp3) is 1.00. The van der Waals surface area contributed by atoms with E-state index in [1.165, 1.54) is 64.3 Å². The first kappa shape index (κ1) is 15.3. The Morgan fingerprint density at radius 2 is 1.58 bits per heavy atom. The third-order valence-corrected chi connectivity index (χ3v) is 5.46. The average Bonchev–Trinajstić information content (AvgIpc) is 2.66. The minimum atomic E-state index is 0.900. The van der Waals surface area contributed by atoms with E-state index in [9.17, 15) is 0 Å². The van der Waals surface area contributed by atoms with Crippen LogP contribution in [0, 0.1) is 23.7 Å². The van der Waals surface area contributed by atoms with E-state index in [1.54, 1.807) is 0 Å². The van der Waals surface area contributed by atoms with Gasteiger partial charge in [-0.1, -0.05) is 46.0 Å². The molecule has 0 amide bonds. The van der Waals surface area contributed by atoms with Crippen LogP contribution in [-0.2, 0) is 0 Å². The van der Waals surface area contributed by atoms with Crippen LogP contribution in [0.5, 0.6) is 0 Å². The van der Waals surface area contributed by atoms with Crippen LogP contribution in [0.4, 0.5) is 0 Å². The highest BCUT2D eigenvalue weighted by atomic mass is 15.3. The van der Waals surface area contributed by atoms with Gasteiger partial charge < -0.3 is 0 Å². The predicted molar refractivity (Wildman–Crippen MR) is 82.9 cm³/mol. The van der Waals surface area contributed by atoms with Gasteiger partial charge in [-0.15, -0.1) is 0 Å². The van der Waals surface area contributed by atoms with Crippen molar-refractivity contribution in [2.45, 2.75) is 71.6 Å². The molecule has 1 aliphatic heterocycles. The Hall–Kier alpha value is -0.0800. The van der Waals surface area contributed by atoms with Gasteiger partial charge >= 0.3 is 0 Å². The lowest BCUT2D eigenvalue weighted by Crippen LogP contribution is -2.36. The highest BCUT2D eigenvalue weighted by Gasteiger charge is 2.28. The molecule has 112 valence electrons. The van der Waals surface area contributed by atoms with Crippen LogP contribution in [0.1, 0.15) is 71.6 Å². The van der Waals surface area contributed by atoms with Gasteiger partial charge in [0.15, 0.2) is 0 Å². The molecular formula is C17H34N2. The van der Waals surface area contributed by atoms with Gasteiger partial charge in [0.1, 0.15) is 0 Å². The maximum absolute atomic E-state index is 3.44. The lowest BCUT2D eigenvalue weighted by atomic mass is 9.73. The Labute approximate surface area is 120 Å². The fourth-order valence-electron chi connectivity index (χ4n) is 4.35. The van der Waals surface area contributed by atoms with Crippen LogP contribution in [0.15, 0.2) is 0 Å². The predicted octanol–water partition coefficient (Wildman–Crippen LogP) is 4.12. The first-order valence-electron chi connectivity index (χ1n) is 8.73. The monoisotopic (exact) mass is 266 g/mol. The molecule has 2 fully saturated rings. The summed E-state index contributed by atoms with van der Waals surface area (Å²) in [6.45, 7) is 7.33. The molecule has 4 unspecified atom stereocenters. The van der Waals surface area contributed by atoms with Crippen molar-refractivity contribution in [2.75, 3.05) is 13.1 Å². The van der Waals surface area contributed by atoms with Gasteiger partial charge in [0.25, 0.3) is 0 Å². The van der Waals surface area contributed by atoms with E-state index in [1.807, 2.05) is 0 Å². The average molecular weight is 266 g/mol. The molecule has 1 saturated heterocycles. The summed E-state index contributed by atoms with van der Waals surface area (Å²) in [7, 11) is 0. The topological polar surface area (TPSA) is 24.1 Å². The first-order valence-corrected chi connectivity index (χ1v) is 8.73. The Morgan fingerprint density at radius 3 is 2.42 bits per heavy atom. The minimum absolute atomic E-state index is 0.900. The lowest BCUT2D eigenvalue weighted by Gasteiger charge is -2.33. The minimum Gasteiger partial charge on any atom is -0.258 e. The molecular weight excluding hydrogens is 232 g/mol. The second-order valence-electron chi connectivity index (χ2n) is 7.18. The van der Waals surface area contributed by atoms with E-state index in [0.717, 1.165) is 30.2 Å². The van der Waals surface area contributed by atoms with Crippen LogP contribution < -0.4 is 10.9 Å². The Balaban J connectivity index is 1.95. The molecule has 4 atom stereocenters. The molecule has 2 N–H and O–H groups in total. The molecule has 2 heteroatoms. The van der Waals surface area contributed by atoms with Crippen molar-refractivity contribution in [1.29, 1.82) is 0 Å². The Bertz CT molecular complexity index is 233. The van der Waals surface area contributed by atoms with Gasteiger partial charge in [0.2, 0.25) is 0 Å². The van der Waals surface area contributed by atoms with E-state index in [0.29, 0.717) is 0 Å². The van der Waals surface area contributed by atoms with Gasteiger partial charge in [-0.3, -0.25) is 10.9 Å². The zero-order valence-corrected chi connectivity index (χ0v) is 13.1. The third-order valence-electron chi connectivity index (χ3n) is 5.46. The summed E-state index contributed by atoms with van der Waals surface area (Å²) in [5, 5.41) is 0. The number of hydrogen-bond donors (Lipinski definition) is 2. The molecule has 1 heterocycles. The highest BCUT2D eigenvalue weighted by molar-refractivity contribution is 4.80. The van der Waals surface area contributed by atoms with Crippen LogP contribution in [-0.4, -0.2) is 13.1 Å². The molecule has 0 aromatic rings. The maximum Gasteiger partial charge on any atom is 0.0131 e. The van der Waals surface area contributed by atoms with Crippen LogP contribution in [0.25, 0.3) is 0 Å². The van der Waals surface area contributed by atoms with Crippen LogP contribution in [0.3, 0.4) is 0 Å². The molecule has 1 aliphatic carbocycles. The van der Waals surface area contributed by atoms with Crippen LogP contribution >= 0.6 is 0 Å². The van der Waals surface area contributed by atoms with E-state index in [-0.39, 0.29) is 0 Å². The second-order valence-corrected chi connectivity index (χ2v) is 7.18. The Morgan fingerprint density at radius 1 is 0.789 bits per heavy atom. The second kappa shape index (κ2) is 8.26. The molecule has 0 bridgehead atoms. The van der Waals surface area contributed by atoms with E-state index >= 15 is 0 Å². The maximum atomic E-state index is 3.44. The number of hydrazine groups is 1. The van der Waals surface area contributed by atoms with Crippen molar-refractivity contribution >= 4 is 0 Å². The van der Waals surface area contributed by atoms with E-state index < -0.39 is 0 Å². The van der Waals surface area contributed by atoms with Crippen LogP contribution in [0.2, 0.25) is 0 Å². The van der Waals surface area contributed by atoms with Gasteiger partial charge in [-0.05, 0) is 49.4 Å². The molecule has 0 aromatic carbocycles. The smallest absolute Gasteiger partial charge is 0.0131 e. The molecule has 19 heavy (non-hydrogen) atoms. The van der Waals surface area contributed by atoms with Gasteiger partial charge in [0.05, 0.1) is 0 Å². The summed E-state index contributed by atoms with van der Waals surface area (Å²) in [5.74, 6) is 3.70. The van der Waals surface area contributed by atoms with E-state index in [2.05, 4.69) is 24.7 Å². The van der Waals surface area contributed by atoms with Crippen molar-refractivity contribution < 1.29 is 0 Å². The molecule has 0 aromatic heterocycles. The normalized spacial score (nSPS) is 39.5. The van der Waals surface area contributed by atoms with Crippen molar-refractivity contribution in [3.05, 3.63) is 0 Å². The zero-order valence-electron chi connectivity index (χ0n) is 13.1. The van der Waals surface area contributed by atoms with Crippen molar-refractivity contribution in [3.63, 3.8) is 0 Å². The van der Waals surface area contributed by atoms with Gasteiger partial charge in [-0.25, -0.2) is 0 Å². The van der Waals surface area contributed by atoms with E-state index in [4.69, 9.17) is 0 Å². The highest BCUT2D eigenvalue weighted by Crippen LogP contribution is 2.35. The van der Waals surface area contributed by atoms with Crippen molar-refractivity contribution in [3.8, 4) is 0 Å². The van der Waals surface area contributed by atoms with Crippen molar-refractivity contribution in [2.24, 2.45) is 23.7 Å². The quantitative estimate of drug-likeness (QED) is 0.746. The molecule has 2 nitrogen and oxygen atoms in total. The molecule has 0 radical (unpaired) electrons. The van der Waals surface area contributed by atoms with Crippen molar-refractivity contribution in [1.82, 2.24) is 10.9 Å². The summed E-state index contributed by atoms with van der Waals surface area (Å²) in [5.41, 5.74) is 6.78. The SMILES string of the molecule is CC1CCCCCCC(C2CCCNNC2)C(C)C1. The number of hydrogen-bond acceptors (Lipinski definition) is 2. The first-order chi connectivity index (χ1) is 9.27. The van der Waals surface area contributed by atoms with Gasteiger partial charge in [-0.2, -0.15) is 0 Å². The number of nitrogens with one attached hydrogen (secondary N) is 2. The summed E-state index contributed by atoms with van der Waals surface area (Å²) < 4.78 is 0. The third kappa shape index (κ3) is 5.07. The van der Waals surface area contributed by atoms with Gasteiger partial charge in [0, 0.05) is 13.1 Å². The summed E-state index contributed by atoms with van der Waals surface area (Å²) in [4.78, 5) is 0. The zero-order chi connectivity index (χ0) is 13.5. The summed E-state index contributed by atoms with van der Waals surface area (Å²) in [6.07, 6.45) is 13.0. The molecule has 2 rings (SSSR count). The fourth-order valence-corrected chi connectivity index (χ4v) is 4.35. The number of rotatable bonds is 1. The molecule has 2 aliphatic rings. The molecule has 1 saturated carbocycles. The summed E-state index contributed by atoms with van der Waals surface area (Å²) in [6, 6.07) is 0. The largest absolute Gasteiger partial charge is 0.258 e. The summed E-state index contributed by atoms with van der Waals surface area (Å²) >= 11 is 0.